The Kier molecular flexibility index (Phi) is 7.88. The van der Waals surface area contributed by atoms with Gasteiger partial charge in [-0.1, -0.05) is 72.8 Å². The molecule has 8 heteroatoms. The third-order valence-corrected chi connectivity index (χ3v) is 7.93. The van der Waals surface area contributed by atoms with Gasteiger partial charge in [-0.05, 0) is 71.7 Å². The highest BCUT2D eigenvalue weighted by Crippen LogP contribution is 2.38. The Balaban J connectivity index is 1.68. The van der Waals surface area contributed by atoms with Gasteiger partial charge < -0.3 is 20.2 Å². The van der Waals surface area contributed by atoms with Crippen LogP contribution in [0.25, 0.3) is 11.1 Å². The fraction of sp³-hybridized carbons (Fsp3) is 0.176. The second kappa shape index (κ2) is 11.7. The van der Waals surface area contributed by atoms with Gasteiger partial charge in [0.2, 0.25) is 0 Å². The van der Waals surface area contributed by atoms with E-state index in [2.05, 4.69) is 0 Å². The van der Waals surface area contributed by atoms with Crippen LogP contribution in [0, 0.1) is 6.92 Å². The summed E-state index contributed by atoms with van der Waals surface area (Å²) in [6.45, 7) is 2.11. The van der Waals surface area contributed by atoms with Gasteiger partial charge in [0, 0.05) is 6.54 Å². The second-order valence-corrected chi connectivity index (χ2v) is 10.4. The van der Waals surface area contributed by atoms with E-state index in [-0.39, 0.29) is 12.1 Å². The summed E-state index contributed by atoms with van der Waals surface area (Å²) < 4.78 is 0. The molecular formula is C34H29NO7. The zero-order valence-corrected chi connectivity index (χ0v) is 22.9. The minimum atomic E-state index is -1.60. The SMILES string of the molecule is Cc1c(CN(C(=O)c2cc(C(=O)O)c(C(=O)O)cc2C(=O)O)[C@H]2CCCc3ccccc32)cccc1-c1ccccc1. The van der Waals surface area contributed by atoms with Gasteiger partial charge in [-0.25, -0.2) is 14.4 Å². The van der Waals surface area contributed by atoms with Crippen LogP contribution in [-0.4, -0.2) is 44.0 Å². The van der Waals surface area contributed by atoms with Gasteiger partial charge in [-0.2, -0.15) is 0 Å². The largest absolute Gasteiger partial charge is 0.478 e. The van der Waals surface area contributed by atoms with Crippen molar-refractivity contribution in [2.75, 3.05) is 0 Å². The van der Waals surface area contributed by atoms with Crippen LogP contribution >= 0.6 is 0 Å². The van der Waals surface area contributed by atoms with Crippen LogP contribution in [0.4, 0.5) is 0 Å². The number of carboxylic acids is 3. The van der Waals surface area contributed by atoms with Crippen molar-refractivity contribution in [2.45, 2.75) is 38.8 Å². The summed E-state index contributed by atoms with van der Waals surface area (Å²) in [4.78, 5) is 52.1. The van der Waals surface area contributed by atoms with Crippen LogP contribution in [0.1, 0.15) is 82.6 Å². The summed E-state index contributed by atoms with van der Waals surface area (Å²) in [5, 5.41) is 29.3. The molecule has 1 atom stereocenters. The van der Waals surface area contributed by atoms with E-state index < -0.39 is 46.5 Å². The first-order valence-corrected chi connectivity index (χ1v) is 13.6. The molecule has 0 radical (unpaired) electrons. The summed E-state index contributed by atoms with van der Waals surface area (Å²) in [5.74, 6) is -5.37. The molecule has 3 N–H and O–H groups in total. The van der Waals surface area contributed by atoms with Crippen molar-refractivity contribution in [1.82, 2.24) is 4.90 Å². The average Bonchev–Trinajstić information content (AvgIpc) is 2.99. The van der Waals surface area contributed by atoms with Crippen molar-refractivity contribution in [1.29, 1.82) is 0 Å². The molecule has 0 heterocycles. The summed E-state index contributed by atoms with van der Waals surface area (Å²) in [7, 11) is 0. The van der Waals surface area contributed by atoms with E-state index in [1.165, 1.54) is 0 Å². The molecule has 0 spiro atoms. The molecule has 0 unspecified atom stereocenters. The number of aromatic carboxylic acids is 3. The van der Waals surface area contributed by atoms with E-state index in [9.17, 15) is 34.5 Å². The molecule has 1 aliphatic carbocycles. The van der Waals surface area contributed by atoms with Crippen molar-refractivity contribution >= 4 is 23.8 Å². The quantitative estimate of drug-likeness (QED) is 0.224. The number of carbonyl (C=O) groups is 4. The Labute approximate surface area is 242 Å². The fourth-order valence-electron chi connectivity index (χ4n) is 5.81. The van der Waals surface area contributed by atoms with Gasteiger partial charge in [-0.15, -0.1) is 0 Å². The smallest absolute Gasteiger partial charge is 0.336 e. The molecule has 0 fully saturated rings. The number of rotatable bonds is 8. The van der Waals surface area contributed by atoms with Gasteiger partial charge in [0.05, 0.1) is 28.3 Å². The number of nitrogens with zero attached hydrogens (tertiary/aromatic N) is 1. The standard InChI is InChI=1S/C34H29NO7/c1-20-23(13-7-15-24(20)21-9-3-2-4-10-21)19-35(30-16-8-12-22-11-5-6-14-25(22)30)31(36)26-17-28(33(39)40)29(34(41)42)18-27(26)32(37)38/h2-7,9-11,13-15,17-18,30H,8,12,16,19H2,1H3,(H,37,38)(H,39,40)(H,41,42)/t30-/m0/s1. The maximum Gasteiger partial charge on any atom is 0.336 e. The van der Waals surface area contributed by atoms with Crippen molar-refractivity contribution < 1.29 is 34.5 Å². The number of fused-ring (bicyclic) bond motifs is 1. The van der Waals surface area contributed by atoms with E-state index >= 15 is 0 Å². The second-order valence-electron chi connectivity index (χ2n) is 10.4. The van der Waals surface area contributed by atoms with Gasteiger partial charge in [0.25, 0.3) is 5.91 Å². The molecule has 0 saturated carbocycles. The summed E-state index contributed by atoms with van der Waals surface area (Å²) in [6.07, 6.45) is 2.27. The van der Waals surface area contributed by atoms with Crippen molar-refractivity contribution in [3.05, 3.63) is 129 Å². The van der Waals surface area contributed by atoms with Crippen LogP contribution in [0.3, 0.4) is 0 Å². The maximum atomic E-state index is 14.4. The van der Waals surface area contributed by atoms with Crippen LogP contribution in [0.15, 0.2) is 84.9 Å². The third-order valence-electron chi connectivity index (χ3n) is 7.93. The lowest BCUT2D eigenvalue weighted by Crippen LogP contribution is -2.37. The van der Waals surface area contributed by atoms with Crippen LogP contribution in [-0.2, 0) is 13.0 Å². The maximum absolute atomic E-state index is 14.4. The predicted molar refractivity (Wildman–Crippen MR) is 156 cm³/mol. The number of hydrogen-bond donors (Lipinski definition) is 3. The Morgan fingerprint density at radius 1 is 0.738 bits per heavy atom. The molecule has 5 rings (SSSR count). The molecule has 0 aromatic heterocycles. The zero-order valence-electron chi connectivity index (χ0n) is 22.9. The van der Waals surface area contributed by atoms with E-state index in [1.807, 2.05) is 79.7 Å². The fourth-order valence-corrected chi connectivity index (χ4v) is 5.81. The number of aryl methyl sites for hydroxylation is 1. The van der Waals surface area contributed by atoms with Gasteiger partial charge in [-0.3, -0.25) is 4.79 Å². The first kappa shape index (κ1) is 28.3. The number of hydrogen-bond acceptors (Lipinski definition) is 4. The highest BCUT2D eigenvalue weighted by molar-refractivity contribution is 6.10. The van der Waals surface area contributed by atoms with E-state index in [0.717, 1.165) is 58.4 Å². The number of carbonyl (C=O) groups excluding carboxylic acids is 1. The van der Waals surface area contributed by atoms with Crippen LogP contribution in [0.2, 0.25) is 0 Å². The van der Waals surface area contributed by atoms with Crippen LogP contribution in [0.5, 0.6) is 0 Å². The summed E-state index contributed by atoms with van der Waals surface area (Å²) in [6, 6.07) is 24.7. The first-order valence-electron chi connectivity index (χ1n) is 13.6. The van der Waals surface area contributed by atoms with Gasteiger partial charge in [0.1, 0.15) is 0 Å². The number of carboxylic acid groups (broad SMARTS) is 3. The first-order chi connectivity index (χ1) is 20.2. The topological polar surface area (TPSA) is 132 Å². The highest BCUT2D eigenvalue weighted by atomic mass is 16.4. The van der Waals surface area contributed by atoms with Gasteiger partial charge >= 0.3 is 17.9 Å². The Morgan fingerprint density at radius 3 is 2.00 bits per heavy atom. The average molecular weight is 564 g/mol. The molecular weight excluding hydrogens is 534 g/mol. The minimum absolute atomic E-state index is 0.131. The van der Waals surface area contributed by atoms with Gasteiger partial charge in [0.15, 0.2) is 0 Å². The Hall–Kier alpha value is -5.24. The third kappa shape index (κ3) is 5.39. The normalized spacial score (nSPS) is 14.1. The summed E-state index contributed by atoms with van der Waals surface area (Å²) in [5.41, 5.74) is 3.58. The monoisotopic (exact) mass is 563 g/mol. The lowest BCUT2D eigenvalue weighted by molar-refractivity contribution is 0.0610. The predicted octanol–water partition coefficient (Wildman–Crippen LogP) is 6.48. The molecule has 4 aromatic carbocycles. The molecule has 1 amide bonds. The van der Waals surface area contributed by atoms with Crippen LogP contribution < -0.4 is 0 Å². The lowest BCUT2D eigenvalue weighted by Gasteiger charge is -2.37. The summed E-state index contributed by atoms with van der Waals surface area (Å²) >= 11 is 0. The number of amides is 1. The lowest BCUT2D eigenvalue weighted by atomic mass is 9.85. The van der Waals surface area contributed by atoms with E-state index in [0.29, 0.717) is 6.42 Å². The molecule has 42 heavy (non-hydrogen) atoms. The molecule has 1 aliphatic rings. The number of benzene rings is 4. The van der Waals surface area contributed by atoms with Crippen molar-refractivity contribution in [2.24, 2.45) is 0 Å². The van der Waals surface area contributed by atoms with E-state index in [4.69, 9.17) is 0 Å². The highest BCUT2D eigenvalue weighted by Gasteiger charge is 2.34. The van der Waals surface area contributed by atoms with Crippen molar-refractivity contribution in [3.8, 4) is 11.1 Å². The minimum Gasteiger partial charge on any atom is -0.478 e. The van der Waals surface area contributed by atoms with E-state index in [1.54, 1.807) is 4.90 Å². The molecule has 0 aliphatic heterocycles. The molecule has 0 saturated heterocycles. The molecule has 8 nitrogen and oxygen atoms in total. The Morgan fingerprint density at radius 2 is 1.33 bits per heavy atom. The molecule has 212 valence electrons. The molecule has 4 aromatic rings. The zero-order chi connectivity index (χ0) is 30.0. The molecule has 0 bridgehead atoms. The Bertz CT molecular complexity index is 1710. The van der Waals surface area contributed by atoms with Crippen molar-refractivity contribution in [3.63, 3.8) is 0 Å².